The lowest BCUT2D eigenvalue weighted by Gasteiger charge is -2.27. The van der Waals surface area contributed by atoms with Gasteiger partial charge in [-0.15, -0.1) is 0 Å². The molecule has 1 saturated heterocycles. The Hall–Kier alpha value is -4.61. The Labute approximate surface area is 323 Å². The van der Waals surface area contributed by atoms with Gasteiger partial charge in [-0.3, -0.25) is 33.6 Å². The molecule has 0 saturated carbocycles. The summed E-state index contributed by atoms with van der Waals surface area (Å²) in [5.74, 6) is -5.86. The molecule has 13 N–H and O–H groups in total. The van der Waals surface area contributed by atoms with Crippen LogP contribution in [-0.2, 0) is 40.0 Å². The van der Waals surface area contributed by atoms with Crippen LogP contribution in [-0.4, -0.2) is 101 Å². The fourth-order valence-electron chi connectivity index (χ4n) is 6.27. The van der Waals surface area contributed by atoms with E-state index in [4.69, 9.17) is 17.2 Å². The summed E-state index contributed by atoms with van der Waals surface area (Å²) >= 11 is 0. The number of hydrogen-bond donors (Lipinski definition) is 10. The molecule has 1 aromatic rings. The summed E-state index contributed by atoms with van der Waals surface area (Å²) in [6, 6.07) is 0.256. The second-order valence-corrected chi connectivity index (χ2v) is 14.7. The fraction of sp³-hybridized carbons (Fsp3) is 0.658. The van der Waals surface area contributed by atoms with Crippen molar-refractivity contribution in [2.24, 2.45) is 29.0 Å². The molecule has 1 aliphatic heterocycles. The summed E-state index contributed by atoms with van der Waals surface area (Å²) in [6.07, 6.45) is 2.45. The predicted octanol–water partition coefficient (Wildman–Crippen LogP) is -0.144. The zero-order valence-electron chi connectivity index (χ0n) is 32.1. The number of aromatic hydroxyl groups is 1. The number of Topliss-reactive ketones (excluding diaryl/α,β-unsaturated/α-hetero) is 1. The minimum atomic E-state index is -1.35. The van der Waals surface area contributed by atoms with E-state index in [0.717, 1.165) is 0 Å². The van der Waals surface area contributed by atoms with Gasteiger partial charge < -0.3 is 54.0 Å². The van der Waals surface area contributed by atoms with Crippen LogP contribution in [0.2, 0.25) is 0 Å². The van der Waals surface area contributed by atoms with Gasteiger partial charge in [0.25, 0.3) is 0 Å². The van der Waals surface area contributed by atoms with Gasteiger partial charge in [0.2, 0.25) is 29.5 Å². The van der Waals surface area contributed by atoms with Gasteiger partial charge in [-0.05, 0) is 107 Å². The first kappa shape index (κ1) is 46.5. The molecule has 0 radical (unpaired) electrons. The lowest BCUT2D eigenvalue weighted by atomic mass is 9.89. The molecule has 0 aromatic heterocycles. The number of carboxylic acid groups (broad SMARTS) is 1. The van der Waals surface area contributed by atoms with Gasteiger partial charge >= 0.3 is 5.97 Å². The number of ketones is 1. The Bertz CT molecular complexity index is 1420. The quantitative estimate of drug-likeness (QED) is 0.0872. The molecular weight excluding hydrogens is 712 g/mol. The first-order valence-electron chi connectivity index (χ1n) is 19.3. The Morgan fingerprint density at radius 3 is 2.00 bits per heavy atom. The largest absolute Gasteiger partial charge is 0.508 e. The van der Waals surface area contributed by atoms with Crippen LogP contribution in [0.25, 0.3) is 0 Å². The zero-order chi connectivity index (χ0) is 40.9. The maximum Gasteiger partial charge on any atom is 0.306 e. The number of rotatable bonds is 18. The average Bonchev–Trinajstić information content (AvgIpc) is 3.13. The van der Waals surface area contributed by atoms with Crippen molar-refractivity contribution in [2.75, 3.05) is 19.6 Å². The summed E-state index contributed by atoms with van der Waals surface area (Å²) in [6.45, 7) is 4.56. The number of carbonyl (C=O) groups excluding carboxylic acids is 6. The molecular formula is C38H62N8O9. The van der Waals surface area contributed by atoms with Gasteiger partial charge in [-0.25, -0.2) is 0 Å². The van der Waals surface area contributed by atoms with E-state index in [1.54, 1.807) is 12.1 Å². The number of benzene rings is 1. The number of phenols is 1. The van der Waals surface area contributed by atoms with E-state index >= 15 is 0 Å². The van der Waals surface area contributed by atoms with Gasteiger partial charge in [0.15, 0.2) is 5.78 Å². The van der Waals surface area contributed by atoms with Gasteiger partial charge in [-0.1, -0.05) is 26.0 Å². The van der Waals surface area contributed by atoms with E-state index < -0.39 is 77.4 Å². The van der Waals surface area contributed by atoms with Crippen LogP contribution in [0.5, 0.6) is 5.75 Å². The van der Waals surface area contributed by atoms with E-state index in [9.17, 15) is 43.8 Å². The first-order chi connectivity index (χ1) is 26.1. The molecule has 0 bridgehead atoms. The molecule has 17 heteroatoms. The van der Waals surface area contributed by atoms with E-state index in [1.165, 1.54) is 12.1 Å². The predicted molar refractivity (Wildman–Crippen MR) is 205 cm³/mol. The minimum absolute atomic E-state index is 0.0126. The summed E-state index contributed by atoms with van der Waals surface area (Å²) in [5, 5.41) is 33.2. The molecule has 2 rings (SSSR count). The molecule has 6 atom stereocenters. The molecule has 308 valence electrons. The van der Waals surface area contributed by atoms with Crippen molar-refractivity contribution in [1.82, 2.24) is 26.6 Å². The van der Waals surface area contributed by atoms with Gasteiger partial charge in [-0.2, -0.15) is 0 Å². The molecule has 5 amide bonds. The Kier molecular flexibility index (Phi) is 20.9. The lowest BCUT2D eigenvalue weighted by molar-refractivity contribution is -0.144. The third-order valence-corrected chi connectivity index (χ3v) is 9.44. The monoisotopic (exact) mass is 774 g/mol. The zero-order valence-corrected chi connectivity index (χ0v) is 32.1. The normalized spacial score (nSPS) is 21.6. The molecule has 1 heterocycles. The van der Waals surface area contributed by atoms with Crippen molar-refractivity contribution in [3.63, 3.8) is 0 Å². The number of unbranched alkanes of at least 4 members (excludes halogenated alkanes) is 2. The summed E-state index contributed by atoms with van der Waals surface area (Å²) < 4.78 is 0. The smallest absolute Gasteiger partial charge is 0.306 e. The average molecular weight is 775 g/mol. The number of nitrogens with one attached hydrogen (secondary N) is 5. The van der Waals surface area contributed by atoms with E-state index in [2.05, 4.69) is 26.6 Å². The standard InChI is InChI=1S/C38H62N8O9/c1-23(2)20-25(38(54)55)22-32(48)31(21-24-11-13-26(47)14-12-24)46-37(53)30-15-16-33(49)42-19-7-8-27(41)34(50)43-28(9-3-5-17-39)35(51)44-29(36(52)45-30)10-4-6-18-40/h11-14,23,25,27-31,47H,3-10,15-22,39-41H2,1-2H3,(H,42,49)(H,43,50)(H,44,51)(H,45,52)(H,46,53)(H,54,55)/t25-,27+,28+,29+,30+,31+/m1/s1. The van der Waals surface area contributed by atoms with Crippen LogP contribution < -0.4 is 43.8 Å². The van der Waals surface area contributed by atoms with Crippen molar-refractivity contribution < 1.29 is 43.8 Å². The van der Waals surface area contributed by atoms with E-state index in [-0.39, 0.29) is 69.6 Å². The molecule has 17 nitrogen and oxygen atoms in total. The molecule has 1 aliphatic rings. The molecule has 1 fully saturated rings. The Morgan fingerprint density at radius 2 is 1.44 bits per heavy atom. The highest BCUT2D eigenvalue weighted by molar-refractivity contribution is 5.97. The van der Waals surface area contributed by atoms with Gasteiger partial charge in [0, 0.05) is 19.4 Å². The van der Waals surface area contributed by atoms with Crippen LogP contribution in [0.15, 0.2) is 24.3 Å². The third kappa shape index (κ3) is 17.6. The van der Waals surface area contributed by atoms with Crippen LogP contribution in [0.4, 0.5) is 0 Å². The van der Waals surface area contributed by atoms with Crippen molar-refractivity contribution in [1.29, 1.82) is 0 Å². The van der Waals surface area contributed by atoms with Crippen molar-refractivity contribution in [3.8, 4) is 5.75 Å². The first-order valence-corrected chi connectivity index (χ1v) is 19.3. The highest BCUT2D eigenvalue weighted by Crippen LogP contribution is 2.19. The molecule has 0 spiro atoms. The van der Waals surface area contributed by atoms with Crippen molar-refractivity contribution >= 4 is 41.3 Å². The number of nitrogens with two attached hydrogens (primary N) is 3. The number of aliphatic carboxylic acids is 1. The highest BCUT2D eigenvalue weighted by Gasteiger charge is 2.33. The molecule has 1 aromatic carbocycles. The number of phenolic OH excluding ortho intramolecular Hbond substituents is 1. The molecule has 0 unspecified atom stereocenters. The second-order valence-electron chi connectivity index (χ2n) is 14.7. The number of amides is 5. The van der Waals surface area contributed by atoms with Gasteiger partial charge in [0.1, 0.15) is 23.9 Å². The number of hydrogen-bond acceptors (Lipinski definition) is 11. The van der Waals surface area contributed by atoms with Gasteiger partial charge in [0.05, 0.1) is 18.0 Å². The van der Waals surface area contributed by atoms with Crippen molar-refractivity contribution in [2.45, 2.75) is 128 Å². The SMILES string of the molecule is CC(C)C[C@H](CC(=O)[C@H](Cc1ccc(O)cc1)NC(=O)[C@@H]1CCC(=O)NCCC[C@H](N)C(=O)N[C@@H](CCCCN)C(=O)N[C@@H](CCCCN)C(=O)N1)C(=O)O. The van der Waals surface area contributed by atoms with Crippen LogP contribution in [0.1, 0.15) is 96.5 Å². The van der Waals surface area contributed by atoms with E-state index in [1.807, 2.05) is 13.8 Å². The Balaban J connectivity index is 2.47. The Morgan fingerprint density at radius 1 is 0.855 bits per heavy atom. The lowest BCUT2D eigenvalue weighted by Crippen LogP contribution is -2.58. The minimum Gasteiger partial charge on any atom is -0.508 e. The summed E-state index contributed by atoms with van der Waals surface area (Å²) in [5.41, 5.74) is 18.0. The summed E-state index contributed by atoms with van der Waals surface area (Å²) in [7, 11) is 0. The van der Waals surface area contributed by atoms with Crippen molar-refractivity contribution in [3.05, 3.63) is 29.8 Å². The van der Waals surface area contributed by atoms with Crippen LogP contribution in [0, 0.1) is 11.8 Å². The highest BCUT2D eigenvalue weighted by atomic mass is 16.4. The van der Waals surface area contributed by atoms with E-state index in [0.29, 0.717) is 50.8 Å². The fourth-order valence-corrected chi connectivity index (χ4v) is 6.27. The summed E-state index contributed by atoms with van der Waals surface area (Å²) in [4.78, 5) is 93.3. The molecule has 55 heavy (non-hydrogen) atoms. The number of carbonyl (C=O) groups is 7. The second kappa shape index (κ2) is 24.7. The van der Waals surface area contributed by atoms with Crippen LogP contribution in [0.3, 0.4) is 0 Å². The maximum atomic E-state index is 14.1. The maximum absolute atomic E-state index is 14.1. The third-order valence-electron chi connectivity index (χ3n) is 9.44. The van der Waals surface area contributed by atoms with Crippen LogP contribution >= 0.6 is 0 Å². The number of carboxylic acids is 1. The topological polar surface area (TPSA) is 298 Å². The molecule has 0 aliphatic carbocycles.